The molecule has 1 aliphatic heterocycles. The van der Waals surface area contributed by atoms with Gasteiger partial charge in [0.05, 0.1) is 11.4 Å². The second kappa shape index (κ2) is 8.47. The number of benzene rings is 2. The molecule has 0 aliphatic carbocycles. The van der Waals surface area contributed by atoms with E-state index in [2.05, 4.69) is 62.6 Å². The molecule has 0 unspecified atom stereocenters. The van der Waals surface area contributed by atoms with Crippen molar-refractivity contribution >= 4 is 29.0 Å². The molecule has 2 heterocycles. The summed E-state index contributed by atoms with van der Waals surface area (Å²) in [5.41, 5.74) is 6.50. The van der Waals surface area contributed by atoms with Gasteiger partial charge in [-0.1, -0.05) is 63.2 Å². The summed E-state index contributed by atoms with van der Waals surface area (Å²) < 4.78 is 2.19. The first-order valence-corrected chi connectivity index (χ1v) is 11.6. The number of hydrogen-bond acceptors (Lipinski definition) is 3. The lowest BCUT2D eigenvalue weighted by molar-refractivity contribution is -0.123. The Hall–Kier alpha value is -3.05. The molecule has 0 N–H and O–H groups in total. The number of imide groups is 1. The Morgan fingerprint density at radius 1 is 0.938 bits per heavy atom. The van der Waals surface area contributed by atoms with Gasteiger partial charge >= 0.3 is 0 Å². The zero-order valence-corrected chi connectivity index (χ0v) is 20.0. The third-order valence-electron chi connectivity index (χ3n) is 5.81. The van der Waals surface area contributed by atoms with Crippen LogP contribution in [0, 0.1) is 13.8 Å². The maximum absolute atomic E-state index is 12.9. The Kier molecular flexibility index (Phi) is 5.87. The number of rotatable bonds is 4. The molecule has 1 fully saturated rings. The standard InChI is InChI=1S/C27H28N2O2S/c1-18-15-21(19(2)29(18)23-13-11-22(12-14-23)27(3,4)5)16-24-25(30)28(26(31)32-24)17-20-9-7-6-8-10-20/h6-16H,17H2,1-5H3. The van der Waals surface area contributed by atoms with Crippen molar-refractivity contribution in [2.45, 2.75) is 46.6 Å². The van der Waals surface area contributed by atoms with E-state index < -0.39 is 0 Å². The van der Waals surface area contributed by atoms with Crippen molar-refractivity contribution in [3.05, 3.63) is 93.6 Å². The number of aryl methyl sites for hydroxylation is 1. The second-order valence-electron chi connectivity index (χ2n) is 9.21. The molecule has 32 heavy (non-hydrogen) atoms. The Balaban J connectivity index is 1.61. The third-order valence-corrected chi connectivity index (χ3v) is 6.71. The molecule has 4 nitrogen and oxygen atoms in total. The molecule has 164 valence electrons. The average molecular weight is 445 g/mol. The second-order valence-corrected chi connectivity index (χ2v) is 10.2. The van der Waals surface area contributed by atoms with Gasteiger partial charge in [0, 0.05) is 17.1 Å². The number of aromatic nitrogens is 1. The molecule has 2 amide bonds. The van der Waals surface area contributed by atoms with Crippen LogP contribution in [0.2, 0.25) is 0 Å². The largest absolute Gasteiger partial charge is 0.318 e. The van der Waals surface area contributed by atoms with Crippen molar-refractivity contribution in [2.24, 2.45) is 0 Å². The molecule has 5 heteroatoms. The van der Waals surface area contributed by atoms with Gasteiger partial charge in [0.2, 0.25) is 0 Å². The predicted molar refractivity (Wildman–Crippen MR) is 132 cm³/mol. The Morgan fingerprint density at radius 2 is 1.59 bits per heavy atom. The summed E-state index contributed by atoms with van der Waals surface area (Å²) in [4.78, 5) is 27.2. The molecule has 3 aromatic rings. The minimum Gasteiger partial charge on any atom is -0.318 e. The van der Waals surface area contributed by atoms with Crippen molar-refractivity contribution in [2.75, 3.05) is 0 Å². The summed E-state index contributed by atoms with van der Waals surface area (Å²) in [6.07, 6.45) is 1.85. The van der Waals surface area contributed by atoms with Gasteiger partial charge in [-0.3, -0.25) is 14.5 Å². The topological polar surface area (TPSA) is 42.3 Å². The highest BCUT2D eigenvalue weighted by atomic mass is 32.2. The van der Waals surface area contributed by atoms with E-state index in [4.69, 9.17) is 0 Å². The summed E-state index contributed by atoms with van der Waals surface area (Å²) in [5, 5.41) is -0.225. The van der Waals surface area contributed by atoms with E-state index in [1.807, 2.05) is 43.3 Å². The maximum Gasteiger partial charge on any atom is 0.293 e. The van der Waals surface area contributed by atoms with Crippen LogP contribution in [0.15, 0.2) is 65.6 Å². The molecule has 1 aromatic heterocycles. The Bertz CT molecular complexity index is 1200. The number of amides is 2. The van der Waals surface area contributed by atoms with E-state index in [0.717, 1.165) is 40.0 Å². The van der Waals surface area contributed by atoms with Gasteiger partial charge in [0.25, 0.3) is 11.1 Å². The van der Waals surface area contributed by atoms with Gasteiger partial charge in [-0.2, -0.15) is 0 Å². The quantitative estimate of drug-likeness (QED) is 0.424. The first-order valence-electron chi connectivity index (χ1n) is 10.7. The summed E-state index contributed by atoms with van der Waals surface area (Å²) in [5.74, 6) is -0.233. The lowest BCUT2D eigenvalue weighted by atomic mass is 9.87. The van der Waals surface area contributed by atoms with Crippen LogP contribution in [0.5, 0.6) is 0 Å². The highest BCUT2D eigenvalue weighted by molar-refractivity contribution is 8.18. The molecule has 0 bridgehead atoms. The van der Waals surface area contributed by atoms with Crippen LogP contribution < -0.4 is 0 Å². The molecular formula is C27H28N2O2S. The zero-order valence-electron chi connectivity index (χ0n) is 19.2. The van der Waals surface area contributed by atoms with Gasteiger partial charge in [-0.25, -0.2) is 0 Å². The van der Waals surface area contributed by atoms with E-state index in [0.29, 0.717) is 11.4 Å². The van der Waals surface area contributed by atoms with E-state index in [1.165, 1.54) is 10.5 Å². The molecule has 1 saturated heterocycles. The van der Waals surface area contributed by atoms with Gasteiger partial charge in [-0.15, -0.1) is 0 Å². The molecule has 0 radical (unpaired) electrons. The van der Waals surface area contributed by atoms with Crippen molar-refractivity contribution in [3.63, 3.8) is 0 Å². The lowest BCUT2D eigenvalue weighted by Crippen LogP contribution is -2.27. The first-order chi connectivity index (χ1) is 15.1. The summed E-state index contributed by atoms with van der Waals surface area (Å²) in [7, 11) is 0. The minimum atomic E-state index is -0.233. The van der Waals surface area contributed by atoms with Crippen LogP contribution in [0.1, 0.15) is 48.8 Å². The Morgan fingerprint density at radius 3 is 2.22 bits per heavy atom. The monoisotopic (exact) mass is 444 g/mol. The highest BCUT2D eigenvalue weighted by Gasteiger charge is 2.35. The van der Waals surface area contributed by atoms with E-state index in [1.54, 1.807) is 0 Å². The first kappa shape index (κ1) is 22.2. The van der Waals surface area contributed by atoms with Crippen LogP contribution in [0.3, 0.4) is 0 Å². The number of hydrogen-bond donors (Lipinski definition) is 0. The molecule has 0 spiro atoms. The van der Waals surface area contributed by atoms with Crippen molar-refractivity contribution in [1.29, 1.82) is 0 Å². The number of carbonyl (C=O) groups is 2. The number of nitrogens with zero attached hydrogens (tertiary/aromatic N) is 2. The SMILES string of the molecule is Cc1cc(C=C2SC(=O)N(Cc3ccccc3)C2=O)c(C)n1-c1ccc(C(C)(C)C)cc1. The van der Waals surface area contributed by atoms with Crippen molar-refractivity contribution < 1.29 is 9.59 Å². The van der Waals surface area contributed by atoms with Crippen LogP contribution in [-0.2, 0) is 16.8 Å². The Labute approximate surface area is 193 Å². The molecule has 1 aliphatic rings. The summed E-state index contributed by atoms with van der Waals surface area (Å²) in [6, 6.07) is 20.3. The lowest BCUT2D eigenvalue weighted by Gasteiger charge is -2.20. The third kappa shape index (κ3) is 4.30. The normalized spacial score (nSPS) is 15.8. The van der Waals surface area contributed by atoms with Crippen molar-refractivity contribution in [1.82, 2.24) is 9.47 Å². The summed E-state index contributed by atoms with van der Waals surface area (Å²) in [6.45, 7) is 11.0. The van der Waals surface area contributed by atoms with Crippen LogP contribution in [0.25, 0.3) is 11.8 Å². The fourth-order valence-electron chi connectivity index (χ4n) is 3.99. The fourth-order valence-corrected chi connectivity index (χ4v) is 4.81. The number of thioether (sulfide) groups is 1. The highest BCUT2D eigenvalue weighted by Crippen LogP contribution is 2.35. The molecule has 2 aromatic carbocycles. The summed E-state index contributed by atoms with van der Waals surface area (Å²) >= 11 is 1.01. The maximum atomic E-state index is 12.9. The molecular weight excluding hydrogens is 416 g/mol. The molecule has 4 rings (SSSR count). The average Bonchev–Trinajstić information content (AvgIpc) is 3.17. The zero-order chi connectivity index (χ0) is 23.0. The van der Waals surface area contributed by atoms with Crippen molar-refractivity contribution in [3.8, 4) is 5.69 Å². The van der Waals surface area contributed by atoms with Crippen LogP contribution in [0.4, 0.5) is 4.79 Å². The predicted octanol–water partition coefficient (Wildman–Crippen LogP) is 6.63. The van der Waals surface area contributed by atoms with Gasteiger partial charge in [-0.05, 0) is 72.0 Å². The smallest absolute Gasteiger partial charge is 0.293 e. The van der Waals surface area contributed by atoms with E-state index >= 15 is 0 Å². The molecule has 0 saturated carbocycles. The van der Waals surface area contributed by atoms with Gasteiger partial charge < -0.3 is 4.57 Å². The minimum absolute atomic E-state index is 0.104. The van der Waals surface area contributed by atoms with E-state index in [9.17, 15) is 9.59 Å². The molecule has 0 atom stereocenters. The fraction of sp³-hybridized carbons (Fsp3) is 0.259. The van der Waals surface area contributed by atoms with Crippen LogP contribution in [-0.4, -0.2) is 20.6 Å². The number of carbonyl (C=O) groups excluding carboxylic acids is 2. The van der Waals surface area contributed by atoms with Crippen LogP contribution >= 0.6 is 11.8 Å². The van der Waals surface area contributed by atoms with Gasteiger partial charge in [0.15, 0.2) is 0 Å². The van der Waals surface area contributed by atoms with Gasteiger partial charge in [0.1, 0.15) is 0 Å². The van der Waals surface area contributed by atoms with E-state index in [-0.39, 0.29) is 16.6 Å².